The zero-order valence-corrected chi connectivity index (χ0v) is 37.0. The molecule has 0 bridgehead atoms. The molecule has 3 amide bonds. The molecule has 0 radical (unpaired) electrons. The van der Waals surface area contributed by atoms with Crippen molar-refractivity contribution in [3.63, 3.8) is 0 Å². The van der Waals surface area contributed by atoms with Crippen LogP contribution in [0.15, 0.2) is 66.8 Å². The molecule has 3 saturated heterocycles. The number of benzene rings is 1. The maximum Gasteiger partial charge on any atom is 0.301 e. The molecule has 1 aromatic carbocycles. The van der Waals surface area contributed by atoms with E-state index < -0.39 is 68.7 Å². The van der Waals surface area contributed by atoms with Crippen LogP contribution in [-0.2, 0) is 24.6 Å². The molecule has 66 heavy (non-hydrogen) atoms. The molecule has 2 atom stereocenters. The van der Waals surface area contributed by atoms with Gasteiger partial charge in [-0.15, -0.1) is 0 Å². The van der Waals surface area contributed by atoms with Crippen LogP contribution in [0, 0.1) is 17.6 Å². The van der Waals surface area contributed by atoms with Crippen LogP contribution in [0.2, 0.25) is 0 Å². The molecule has 4 aromatic rings. The van der Waals surface area contributed by atoms with Crippen molar-refractivity contribution in [2.75, 3.05) is 69.0 Å². The van der Waals surface area contributed by atoms with E-state index in [2.05, 4.69) is 40.2 Å². The number of piperidine rings is 2. The summed E-state index contributed by atoms with van der Waals surface area (Å²) in [6.07, 6.45) is 10.0. The molecular formula is C44H49F4N11O6S. The van der Waals surface area contributed by atoms with Crippen LogP contribution in [0.1, 0.15) is 54.9 Å². The third-order valence-electron chi connectivity index (χ3n) is 12.8. The van der Waals surface area contributed by atoms with E-state index >= 15 is 8.78 Å². The smallest absolute Gasteiger partial charge is 0.301 e. The molecule has 8 rings (SSSR count). The Morgan fingerprint density at radius 3 is 2.35 bits per heavy atom. The van der Waals surface area contributed by atoms with E-state index in [0.29, 0.717) is 56.3 Å². The van der Waals surface area contributed by atoms with Gasteiger partial charge in [0.2, 0.25) is 29.5 Å². The fourth-order valence-corrected chi connectivity index (χ4v) is 9.60. The second-order valence-electron chi connectivity index (χ2n) is 16.9. The monoisotopic (exact) mass is 935 g/mol. The molecule has 3 aliphatic heterocycles. The highest BCUT2D eigenvalue weighted by atomic mass is 32.2. The largest absolute Gasteiger partial charge is 0.345 e. The van der Waals surface area contributed by atoms with E-state index in [1.165, 1.54) is 25.5 Å². The molecule has 350 valence electrons. The number of carbonyl (C=O) groups excluding carboxylic acids is 4. The van der Waals surface area contributed by atoms with Gasteiger partial charge >= 0.3 is 10.2 Å². The van der Waals surface area contributed by atoms with Crippen molar-refractivity contribution in [2.24, 2.45) is 5.92 Å². The molecule has 2 unspecified atom stereocenters. The molecule has 3 fully saturated rings. The minimum absolute atomic E-state index is 0.00971. The third kappa shape index (κ3) is 9.58. The number of nitrogens with zero attached hydrogens (tertiary/aromatic N) is 7. The van der Waals surface area contributed by atoms with Crippen molar-refractivity contribution < 1.29 is 45.2 Å². The van der Waals surface area contributed by atoms with Crippen LogP contribution < -0.4 is 20.3 Å². The van der Waals surface area contributed by atoms with Crippen molar-refractivity contribution >= 4 is 56.4 Å². The number of nitrogens with one attached hydrogen (secondary N) is 4. The zero-order chi connectivity index (χ0) is 46.9. The van der Waals surface area contributed by atoms with Crippen molar-refractivity contribution in [1.82, 2.24) is 44.7 Å². The summed E-state index contributed by atoms with van der Waals surface area (Å²) in [6.45, 7) is 5.21. The Hall–Kier alpha value is -6.10. The number of alkyl halides is 2. The lowest BCUT2D eigenvalue weighted by Crippen LogP contribution is -2.61. The quantitative estimate of drug-likeness (QED) is 0.0811. The number of piperazine rings is 1. The van der Waals surface area contributed by atoms with E-state index in [-0.39, 0.29) is 60.8 Å². The second kappa shape index (κ2) is 19.0. The van der Waals surface area contributed by atoms with Crippen LogP contribution >= 0.6 is 0 Å². The summed E-state index contributed by atoms with van der Waals surface area (Å²) in [5.41, 5.74) is -0.983. The summed E-state index contributed by atoms with van der Waals surface area (Å²) in [5, 5.41) is 5.30. The molecule has 1 aliphatic carbocycles. The van der Waals surface area contributed by atoms with Gasteiger partial charge < -0.3 is 14.8 Å². The molecule has 4 N–H and O–H groups in total. The standard InChI is InChI=1S/C44H49F4N11O6S/c1-3-56(2)66(64,65)55-33-5-4-32(45)37(38(33)46)39(62)31-24-50-40-30(31)20-28(21-49-40)29-22-51-43(52-23-29)59-18-16-58(17-19-59)36(61)25-57-14-10-27(11-15-57)26-8-12-44(13-9-26,42(47)48)54-34-6-7-35(60)53-41(34)63/h4-5,8-9,12,20-24,27,34,42,54-55H,3,6-7,10-11,13-19,25H2,1-2H3,(H,49,50)(H,53,60,63). The number of hydrogen-bond donors (Lipinski definition) is 4. The number of hydrogen-bond acceptors (Lipinski definition) is 12. The summed E-state index contributed by atoms with van der Waals surface area (Å²) in [6, 6.07) is 2.46. The van der Waals surface area contributed by atoms with Crippen LogP contribution in [0.25, 0.3) is 22.2 Å². The Labute approximate surface area is 377 Å². The average Bonchev–Trinajstić information content (AvgIpc) is 3.75. The molecule has 17 nitrogen and oxygen atoms in total. The number of halogens is 4. The lowest BCUT2D eigenvalue weighted by atomic mass is 9.81. The number of rotatable bonds is 14. The summed E-state index contributed by atoms with van der Waals surface area (Å²) in [4.78, 5) is 73.0. The van der Waals surface area contributed by atoms with Crippen molar-refractivity contribution in [3.05, 3.63) is 89.5 Å². The van der Waals surface area contributed by atoms with Gasteiger partial charge in [-0.2, -0.15) is 12.7 Å². The molecule has 0 spiro atoms. The van der Waals surface area contributed by atoms with E-state index in [1.54, 1.807) is 31.5 Å². The normalized spacial score (nSPS) is 21.2. The Morgan fingerprint density at radius 1 is 0.985 bits per heavy atom. The Kier molecular flexibility index (Phi) is 13.4. The van der Waals surface area contributed by atoms with Gasteiger partial charge in [0.05, 0.1) is 23.8 Å². The van der Waals surface area contributed by atoms with Gasteiger partial charge in [0.25, 0.3) is 6.43 Å². The predicted molar refractivity (Wildman–Crippen MR) is 236 cm³/mol. The van der Waals surface area contributed by atoms with Crippen LogP contribution in [0.4, 0.5) is 29.2 Å². The number of likely N-dealkylation sites (tertiary alicyclic amines) is 1. The van der Waals surface area contributed by atoms with E-state index in [0.717, 1.165) is 34.9 Å². The lowest BCUT2D eigenvalue weighted by Gasteiger charge is -2.39. The second-order valence-corrected chi connectivity index (χ2v) is 18.7. The van der Waals surface area contributed by atoms with E-state index in [9.17, 15) is 36.4 Å². The van der Waals surface area contributed by atoms with Gasteiger partial charge in [0, 0.05) is 93.1 Å². The number of pyridine rings is 1. The highest BCUT2D eigenvalue weighted by molar-refractivity contribution is 7.90. The SMILES string of the molecule is CCN(C)S(=O)(=O)Nc1ccc(F)c(C(=O)c2c[nH]c3ncc(-c4cnc(N5CCN(C(=O)CN6CCC(C7=CCC(NC8CCC(=O)NC8=O)(C(F)F)C=C7)CC6)CC5)nc4)cc23)c1F. The summed E-state index contributed by atoms with van der Waals surface area (Å²) in [5.74, 6) is -3.94. The van der Waals surface area contributed by atoms with Gasteiger partial charge in [-0.05, 0) is 68.5 Å². The third-order valence-corrected chi connectivity index (χ3v) is 14.4. The maximum absolute atomic E-state index is 15.6. The fourth-order valence-electron chi connectivity index (χ4n) is 8.67. The summed E-state index contributed by atoms with van der Waals surface area (Å²) in [7, 11) is -2.88. The lowest BCUT2D eigenvalue weighted by molar-refractivity contribution is -0.135. The number of fused-ring (bicyclic) bond motifs is 1. The Balaban J connectivity index is 0.831. The fraction of sp³-hybridized carbons (Fsp3) is 0.432. The first kappa shape index (κ1) is 46.4. The predicted octanol–water partition coefficient (Wildman–Crippen LogP) is 3.78. The van der Waals surface area contributed by atoms with Crippen LogP contribution in [-0.4, -0.2) is 143 Å². The molecule has 22 heteroatoms. The maximum atomic E-state index is 15.6. The van der Waals surface area contributed by atoms with Gasteiger partial charge in [-0.1, -0.05) is 25.2 Å². The number of aromatic nitrogens is 4. The molecule has 0 saturated carbocycles. The minimum Gasteiger partial charge on any atom is -0.345 e. The van der Waals surface area contributed by atoms with E-state index in [4.69, 9.17) is 0 Å². The number of allylic oxidation sites excluding steroid dienone is 2. The first-order valence-electron chi connectivity index (χ1n) is 21.7. The molecular weight excluding hydrogens is 887 g/mol. The number of carbonyl (C=O) groups is 4. The molecule has 3 aromatic heterocycles. The van der Waals surface area contributed by atoms with Crippen molar-refractivity contribution in [1.29, 1.82) is 0 Å². The number of anilines is 2. The first-order valence-corrected chi connectivity index (χ1v) is 23.1. The summed E-state index contributed by atoms with van der Waals surface area (Å²) < 4.78 is 87.4. The summed E-state index contributed by atoms with van der Waals surface area (Å²) >= 11 is 0. The highest BCUT2D eigenvalue weighted by Gasteiger charge is 2.43. The van der Waals surface area contributed by atoms with Crippen LogP contribution in [0.3, 0.4) is 0 Å². The topological polar surface area (TPSA) is 206 Å². The number of imide groups is 1. The molecule has 6 heterocycles. The zero-order valence-electron chi connectivity index (χ0n) is 36.2. The number of amides is 3. The number of ketones is 1. The van der Waals surface area contributed by atoms with Crippen molar-refractivity contribution in [3.8, 4) is 11.1 Å². The van der Waals surface area contributed by atoms with Gasteiger partial charge in [-0.25, -0.2) is 32.5 Å². The number of aromatic amines is 1. The Bertz CT molecular complexity index is 2700. The van der Waals surface area contributed by atoms with Crippen LogP contribution in [0.5, 0.6) is 0 Å². The number of H-pyrrole nitrogens is 1. The van der Waals surface area contributed by atoms with Gasteiger partial charge in [0.15, 0.2) is 5.82 Å². The van der Waals surface area contributed by atoms with E-state index in [1.807, 2.05) is 15.9 Å². The van der Waals surface area contributed by atoms with Crippen molar-refractivity contribution in [2.45, 2.75) is 57.0 Å². The van der Waals surface area contributed by atoms with Gasteiger partial charge in [0.1, 0.15) is 17.0 Å². The Morgan fingerprint density at radius 2 is 1.70 bits per heavy atom. The minimum atomic E-state index is -4.17. The first-order chi connectivity index (χ1) is 31.6. The van der Waals surface area contributed by atoms with Gasteiger partial charge in [-0.3, -0.25) is 39.4 Å². The highest BCUT2D eigenvalue weighted by Crippen LogP contribution is 2.35. The molecule has 4 aliphatic rings. The average molecular weight is 936 g/mol.